The van der Waals surface area contributed by atoms with Crippen LogP contribution in [0.15, 0.2) is 48.5 Å². The van der Waals surface area contributed by atoms with Crippen LogP contribution in [0.5, 0.6) is 6.01 Å². The number of rotatable bonds is 5. The molecular formula is C28H26Cl2F3N5O2. The minimum Gasteiger partial charge on any atom is -0.458 e. The van der Waals surface area contributed by atoms with Crippen molar-refractivity contribution in [2.45, 2.75) is 38.0 Å². The average Bonchev–Trinajstić information content (AvgIpc) is 3.32. The summed E-state index contributed by atoms with van der Waals surface area (Å²) in [5.74, 6) is -0.401. The van der Waals surface area contributed by atoms with Gasteiger partial charge in [0, 0.05) is 36.0 Å². The third kappa shape index (κ3) is 5.44. The van der Waals surface area contributed by atoms with Crippen LogP contribution < -0.4 is 9.64 Å². The van der Waals surface area contributed by atoms with Gasteiger partial charge in [0.25, 0.3) is 0 Å². The number of halogens is 5. The quantitative estimate of drug-likeness (QED) is 0.246. The number of hydrogen-bond acceptors (Lipinski definition) is 6. The molecule has 0 aliphatic carbocycles. The fourth-order valence-corrected chi connectivity index (χ4v) is 5.57. The Morgan fingerprint density at radius 1 is 0.925 bits per heavy atom. The predicted octanol–water partition coefficient (Wildman–Crippen LogP) is 7.13. The van der Waals surface area contributed by atoms with Crippen molar-refractivity contribution in [2.24, 2.45) is 5.92 Å². The molecule has 210 valence electrons. The molecule has 2 fully saturated rings. The monoisotopic (exact) mass is 591 g/mol. The number of ether oxygens (including phenoxy) is 2. The van der Waals surface area contributed by atoms with Crippen molar-refractivity contribution in [3.05, 3.63) is 58.6 Å². The Balaban J connectivity index is 1.53. The number of fused-ring (bicyclic) bond motifs is 1. The summed E-state index contributed by atoms with van der Waals surface area (Å²) in [7, 11) is 0. The lowest BCUT2D eigenvalue weighted by molar-refractivity contribution is -0.179. The Kier molecular flexibility index (Phi) is 7.50. The van der Waals surface area contributed by atoms with E-state index in [4.69, 9.17) is 47.6 Å². The lowest BCUT2D eigenvalue weighted by Crippen LogP contribution is -2.39. The van der Waals surface area contributed by atoms with Gasteiger partial charge in [-0.05, 0) is 62.1 Å². The third-order valence-electron chi connectivity index (χ3n) is 7.32. The molecule has 0 radical (unpaired) electrons. The molecular weight excluding hydrogens is 566 g/mol. The zero-order chi connectivity index (χ0) is 27.9. The van der Waals surface area contributed by atoms with Gasteiger partial charge in [-0.15, -0.1) is 0 Å². The molecule has 40 heavy (non-hydrogen) atoms. The maximum Gasteiger partial charge on any atom is 0.391 e. The van der Waals surface area contributed by atoms with Crippen molar-refractivity contribution < 1.29 is 22.6 Å². The summed E-state index contributed by atoms with van der Waals surface area (Å²) in [5.41, 5.74) is 2.30. The first-order valence-corrected chi connectivity index (χ1v) is 13.9. The molecule has 0 spiro atoms. The van der Waals surface area contributed by atoms with E-state index in [2.05, 4.69) is 0 Å². The fraction of sp³-hybridized carbons (Fsp3) is 0.393. The number of alkyl halides is 3. The lowest BCUT2D eigenvalue weighted by atomic mass is 9.96. The molecule has 4 heterocycles. The van der Waals surface area contributed by atoms with E-state index in [1.165, 1.54) is 0 Å². The molecule has 2 aliphatic rings. The second kappa shape index (κ2) is 11.1. The molecule has 2 aliphatic heterocycles. The van der Waals surface area contributed by atoms with Crippen molar-refractivity contribution in [2.75, 3.05) is 31.2 Å². The first kappa shape index (κ1) is 27.1. The highest BCUT2D eigenvalue weighted by Gasteiger charge is 2.41. The Bertz CT molecular complexity index is 1500. The maximum absolute atomic E-state index is 13.4. The van der Waals surface area contributed by atoms with E-state index < -0.39 is 12.1 Å². The topological polar surface area (TPSA) is 65.3 Å². The van der Waals surface area contributed by atoms with E-state index in [-0.39, 0.29) is 38.0 Å². The first-order valence-electron chi connectivity index (χ1n) is 13.2. The van der Waals surface area contributed by atoms with Gasteiger partial charge in [0.15, 0.2) is 17.0 Å². The summed E-state index contributed by atoms with van der Waals surface area (Å²) >= 11 is 12.8. The average molecular weight is 592 g/mol. The largest absolute Gasteiger partial charge is 0.458 e. The Labute approximate surface area is 238 Å². The zero-order valence-corrected chi connectivity index (χ0v) is 22.9. The summed E-state index contributed by atoms with van der Waals surface area (Å²) in [6.45, 7) is 1.44. The minimum atomic E-state index is -4.23. The number of piperidine rings is 1. The van der Waals surface area contributed by atoms with Crippen molar-refractivity contribution in [1.29, 1.82) is 0 Å². The highest BCUT2D eigenvalue weighted by molar-refractivity contribution is 6.33. The molecule has 4 aromatic rings. The Morgan fingerprint density at radius 3 is 2.35 bits per heavy atom. The van der Waals surface area contributed by atoms with Gasteiger partial charge in [-0.25, -0.2) is 4.98 Å². The third-order valence-corrected chi connectivity index (χ3v) is 7.90. The van der Waals surface area contributed by atoms with Crippen molar-refractivity contribution in [1.82, 2.24) is 19.5 Å². The summed E-state index contributed by atoms with van der Waals surface area (Å²) < 4.78 is 53.9. The van der Waals surface area contributed by atoms with Crippen LogP contribution in [-0.4, -0.2) is 58.1 Å². The van der Waals surface area contributed by atoms with Crippen LogP contribution in [0, 0.1) is 5.92 Å². The number of hydrogen-bond donors (Lipinski definition) is 0. The summed E-state index contributed by atoms with van der Waals surface area (Å²) in [6.07, 6.45) is -2.88. The van der Waals surface area contributed by atoms with E-state index in [9.17, 15) is 13.2 Å². The van der Waals surface area contributed by atoms with Crippen LogP contribution in [0.2, 0.25) is 10.0 Å². The zero-order valence-electron chi connectivity index (χ0n) is 21.4. The second-order valence-electron chi connectivity index (χ2n) is 9.99. The van der Waals surface area contributed by atoms with E-state index in [0.29, 0.717) is 51.6 Å². The van der Waals surface area contributed by atoms with Gasteiger partial charge in [0.05, 0.1) is 17.5 Å². The first-order chi connectivity index (χ1) is 19.3. The van der Waals surface area contributed by atoms with Gasteiger partial charge in [-0.1, -0.05) is 35.3 Å². The Hall–Kier alpha value is -3.08. The molecule has 6 rings (SSSR count). The molecule has 0 saturated carbocycles. The smallest absolute Gasteiger partial charge is 0.391 e. The molecule has 1 atom stereocenters. The second-order valence-corrected chi connectivity index (χ2v) is 10.8. The number of aromatic nitrogens is 4. The molecule has 2 aromatic carbocycles. The van der Waals surface area contributed by atoms with E-state index in [1.54, 1.807) is 18.2 Å². The van der Waals surface area contributed by atoms with Crippen molar-refractivity contribution in [3.63, 3.8) is 0 Å². The molecule has 2 aromatic heterocycles. The predicted molar refractivity (Wildman–Crippen MR) is 148 cm³/mol. The van der Waals surface area contributed by atoms with Gasteiger partial charge < -0.3 is 14.4 Å². The van der Waals surface area contributed by atoms with Crippen LogP contribution in [-0.2, 0) is 4.74 Å². The highest BCUT2D eigenvalue weighted by Crippen LogP contribution is 2.39. The van der Waals surface area contributed by atoms with E-state index in [0.717, 1.165) is 18.5 Å². The van der Waals surface area contributed by atoms with Gasteiger partial charge in [-0.3, -0.25) is 4.57 Å². The van der Waals surface area contributed by atoms with Crippen LogP contribution in [0.4, 0.5) is 19.0 Å². The van der Waals surface area contributed by atoms with Crippen LogP contribution in [0.25, 0.3) is 28.2 Å². The van der Waals surface area contributed by atoms with E-state index in [1.807, 2.05) is 39.8 Å². The summed E-state index contributed by atoms with van der Waals surface area (Å²) in [4.78, 5) is 16.3. The lowest BCUT2D eigenvalue weighted by Gasteiger charge is -2.33. The molecule has 1 unspecified atom stereocenters. The number of imidazole rings is 1. The van der Waals surface area contributed by atoms with Crippen molar-refractivity contribution in [3.8, 4) is 23.1 Å². The molecule has 7 nitrogen and oxygen atoms in total. The molecule has 2 saturated heterocycles. The van der Waals surface area contributed by atoms with Gasteiger partial charge >= 0.3 is 12.2 Å². The maximum atomic E-state index is 13.4. The summed E-state index contributed by atoms with van der Waals surface area (Å²) in [6, 6.07) is 14.7. The van der Waals surface area contributed by atoms with Crippen molar-refractivity contribution >= 4 is 40.2 Å². The van der Waals surface area contributed by atoms with Gasteiger partial charge in [0.1, 0.15) is 11.9 Å². The molecule has 0 amide bonds. The van der Waals surface area contributed by atoms with Gasteiger partial charge in [0.2, 0.25) is 0 Å². The number of benzene rings is 2. The van der Waals surface area contributed by atoms with E-state index >= 15 is 0 Å². The molecule has 12 heteroatoms. The SMILES string of the molecule is FC(F)(F)C1CCN(c2nc(OC3CCCOC3)nc3c2nc(-c2ccccc2Cl)n3-c2ccc(Cl)cc2)CC1. The van der Waals surface area contributed by atoms with Gasteiger partial charge in [-0.2, -0.15) is 23.1 Å². The van der Waals surface area contributed by atoms with Crippen LogP contribution >= 0.6 is 23.2 Å². The Morgan fingerprint density at radius 2 is 1.68 bits per heavy atom. The number of anilines is 1. The van der Waals surface area contributed by atoms with Crippen LogP contribution in [0.3, 0.4) is 0 Å². The molecule has 0 N–H and O–H groups in total. The standard InChI is InChI=1S/C28H26Cl2F3N5O2/c29-18-7-9-19(10-8-18)38-24(21-5-1-2-6-22(21)30)34-23-25(37-13-11-17(12-14-37)28(31,32)33)35-27(36-26(23)38)40-20-4-3-15-39-16-20/h1-2,5-10,17,20H,3-4,11-16H2. The van der Waals surface area contributed by atoms with Crippen LogP contribution in [0.1, 0.15) is 25.7 Å². The fourth-order valence-electron chi connectivity index (χ4n) is 5.23. The number of nitrogens with zero attached hydrogens (tertiary/aromatic N) is 5. The molecule has 0 bridgehead atoms. The minimum absolute atomic E-state index is 0.0308. The normalized spacial score (nSPS) is 18.8. The summed E-state index contributed by atoms with van der Waals surface area (Å²) in [5, 5.41) is 1.06. The highest BCUT2D eigenvalue weighted by atomic mass is 35.5.